The Labute approximate surface area is 327 Å². The van der Waals surface area contributed by atoms with Crippen molar-refractivity contribution in [3.63, 3.8) is 0 Å². The summed E-state index contributed by atoms with van der Waals surface area (Å²) < 4.78 is 0. The number of nitrogens with two attached hydrogens (primary N) is 1. The number of hydrogen-bond acceptors (Lipinski definition) is 8. The van der Waals surface area contributed by atoms with Gasteiger partial charge in [0.25, 0.3) is 0 Å². The van der Waals surface area contributed by atoms with Crippen molar-refractivity contribution in [2.75, 3.05) is 0 Å². The van der Waals surface area contributed by atoms with E-state index < -0.39 is 72.2 Å². The Morgan fingerprint density at radius 1 is 0.544 bits per heavy atom. The van der Waals surface area contributed by atoms with E-state index in [-0.39, 0.29) is 31.4 Å². The summed E-state index contributed by atoms with van der Waals surface area (Å²) in [6.45, 7) is 0. The third-order valence-electron chi connectivity index (χ3n) is 9.29. The number of amides is 4. The minimum Gasteiger partial charge on any atom is -0.508 e. The summed E-state index contributed by atoms with van der Waals surface area (Å²) in [6, 6.07) is 23.7. The molecule has 0 aliphatic heterocycles. The molecule has 0 radical (unpaired) electrons. The van der Waals surface area contributed by atoms with Gasteiger partial charge in [-0.05, 0) is 46.9 Å². The molecule has 0 bridgehead atoms. The number of benzene rings is 4. The van der Waals surface area contributed by atoms with E-state index in [0.717, 1.165) is 16.5 Å². The summed E-state index contributed by atoms with van der Waals surface area (Å²) in [5.41, 5.74) is 9.48. The van der Waals surface area contributed by atoms with Crippen LogP contribution < -0.4 is 27.0 Å². The molecule has 5 aromatic rings. The molecule has 1 heterocycles. The molecule has 0 aliphatic carbocycles. The van der Waals surface area contributed by atoms with Crippen LogP contribution in [0.2, 0.25) is 0 Å². The quantitative estimate of drug-likeness (QED) is 0.0590. The molecule has 0 spiro atoms. The minimum atomic E-state index is -1.75. The maximum absolute atomic E-state index is 14.0. The molecule has 296 valence electrons. The van der Waals surface area contributed by atoms with Gasteiger partial charge >= 0.3 is 11.9 Å². The number of carboxylic acid groups (broad SMARTS) is 2. The Morgan fingerprint density at radius 3 is 1.63 bits per heavy atom. The van der Waals surface area contributed by atoms with Crippen LogP contribution in [0.4, 0.5) is 0 Å². The van der Waals surface area contributed by atoms with E-state index in [1.807, 2.05) is 18.2 Å². The number of aromatic amines is 1. The molecule has 15 nitrogen and oxygen atoms in total. The first-order valence-corrected chi connectivity index (χ1v) is 18.2. The lowest BCUT2D eigenvalue weighted by Crippen LogP contribution is -2.59. The second-order valence-corrected chi connectivity index (χ2v) is 13.6. The Balaban J connectivity index is 1.38. The monoisotopic (exact) mass is 776 g/mol. The highest BCUT2D eigenvalue weighted by molar-refractivity contribution is 5.97. The zero-order valence-electron chi connectivity index (χ0n) is 30.8. The van der Waals surface area contributed by atoms with E-state index in [1.54, 1.807) is 72.9 Å². The smallest absolute Gasteiger partial charge is 0.326 e. The van der Waals surface area contributed by atoms with Gasteiger partial charge in [0.15, 0.2) is 0 Å². The van der Waals surface area contributed by atoms with E-state index in [0.29, 0.717) is 16.7 Å². The second kappa shape index (κ2) is 19.5. The van der Waals surface area contributed by atoms with Crippen molar-refractivity contribution in [1.29, 1.82) is 0 Å². The number of carboxylic acids is 2. The number of para-hydroxylation sites is 1. The van der Waals surface area contributed by atoms with Gasteiger partial charge in [-0.3, -0.25) is 24.0 Å². The van der Waals surface area contributed by atoms with Crippen LogP contribution in [0, 0.1) is 0 Å². The largest absolute Gasteiger partial charge is 0.508 e. The number of carbonyl (C=O) groups is 6. The molecule has 15 heteroatoms. The standard InChI is InChI=1S/C42H44N6O9/c43-31(19-25-9-3-1-4-10-25)38(52)45-33(20-27-15-17-29(49)18-16-27)39(53)47-35(23-37(50)51)41(55)46-34(22-28-24-44-32-14-8-7-13-30(28)32)40(54)48-36(42(56)57)21-26-11-5-2-6-12-26/h1-18,24,31,33-36,44,49H,19-23,43H2,(H,45,52)(H,46,55)(H,47,53)(H,48,54)(H,50,51)(H,56,57)/t31-,33-,34-,35-,36-/m0/s1. The lowest BCUT2D eigenvalue weighted by Gasteiger charge is -2.26. The number of fused-ring (bicyclic) bond motifs is 1. The van der Waals surface area contributed by atoms with Gasteiger partial charge in [-0.15, -0.1) is 0 Å². The number of H-pyrrole nitrogens is 1. The molecule has 0 saturated heterocycles. The average molecular weight is 777 g/mol. The average Bonchev–Trinajstić information content (AvgIpc) is 3.60. The van der Waals surface area contributed by atoms with Crippen LogP contribution in [0.5, 0.6) is 5.75 Å². The summed E-state index contributed by atoms with van der Waals surface area (Å²) in [5.74, 6) is -6.31. The molecule has 0 aliphatic rings. The maximum atomic E-state index is 14.0. The predicted molar refractivity (Wildman–Crippen MR) is 210 cm³/mol. The van der Waals surface area contributed by atoms with Crippen molar-refractivity contribution in [3.8, 4) is 5.75 Å². The third kappa shape index (κ3) is 12.0. The number of hydrogen-bond donors (Lipinski definition) is 9. The molecule has 1 aromatic heterocycles. The van der Waals surface area contributed by atoms with Crippen molar-refractivity contribution >= 4 is 46.5 Å². The highest BCUT2D eigenvalue weighted by atomic mass is 16.4. The van der Waals surface area contributed by atoms with Crippen molar-refractivity contribution in [2.24, 2.45) is 5.73 Å². The Morgan fingerprint density at radius 2 is 1.02 bits per heavy atom. The van der Waals surface area contributed by atoms with Gasteiger partial charge in [0.2, 0.25) is 23.6 Å². The highest BCUT2D eigenvalue weighted by Gasteiger charge is 2.33. The van der Waals surface area contributed by atoms with Crippen LogP contribution in [-0.4, -0.2) is 86.1 Å². The van der Waals surface area contributed by atoms with Crippen molar-refractivity contribution in [2.45, 2.75) is 62.3 Å². The lowest BCUT2D eigenvalue weighted by molar-refractivity contribution is -0.143. The van der Waals surface area contributed by atoms with Crippen LogP contribution in [0.1, 0.15) is 28.7 Å². The molecule has 4 amide bonds. The molecule has 0 saturated carbocycles. The Kier molecular flexibility index (Phi) is 14.1. The summed E-state index contributed by atoms with van der Waals surface area (Å²) in [7, 11) is 0. The SMILES string of the molecule is N[C@@H](Cc1ccccc1)C(=O)N[C@@H](Cc1ccc(O)cc1)C(=O)N[C@@H](CC(=O)O)C(=O)N[C@@H](Cc1c[nH]c2ccccc12)C(=O)N[C@@H](Cc1ccccc1)C(=O)O. The molecule has 0 fully saturated rings. The molecule has 5 rings (SSSR count). The minimum absolute atomic E-state index is 0.0344. The number of phenolic OH excluding ortho intramolecular Hbond substituents is 1. The Hall–Kier alpha value is -7.00. The number of aromatic hydroxyl groups is 1. The van der Waals surface area contributed by atoms with Crippen LogP contribution in [0.25, 0.3) is 10.9 Å². The molecule has 57 heavy (non-hydrogen) atoms. The summed E-state index contributed by atoms with van der Waals surface area (Å²) in [4.78, 5) is 82.5. The number of aliphatic carboxylic acids is 2. The van der Waals surface area contributed by atoms with Crippen molar-refractivity contribution < 1.29 is 44.1 Å². The maximum Gasteiger partial charge on any atom is 0.326 e. The number of nitrogens with one attached hydrogen (secondary N) is 5. The first kappa shape index (κ1) is 41.2. The summed E-state index contributed by atoms with van der Waals surface area (Å²) in [6.07, 6.45) is 0.574. The molecule has 4 aromatic carbocycles. The first-order valence-electron chi connectivity index (χ1n) is 18.2. The van der Waals surface area contributed by atoms with E-state index in [2.05, 4.69) is 26.3 Å². The van der Waals surface area contributed by atoms with Gasteiger partial charge in [-0.2, -0.15) is 0 Å². The first-order chi connectivity index (χ1) is 27.4. The van der Waals surface area contributed by atoms with E-state index in [1.165, 1.54) is 24.3 Å². The van der Waals surface area contributed by atoms with E-state index in [4.69, 9.17) is 5.73 Å². The summed E-state index contributed by atoms with van der Waals surface area (Å²) in [5, 5.41) is 40.4. The van der Waals surface area contributed by atoms with Crippen LogP contribution >= 0.6 is 0 Å². The number of rotatable bonds is 19. The van der Waals surface area contributed by atoms with E-state index >= 15 is 0 Å². The van der Waals surface area contributed by atoms with E-state index in [9.17, 15) is 44.1 Å². The van der Waals surface area contributed by atoms with Crippen molar-refractivity contribution in [1.82, 2.24) is 26.3 Å². The molecule has 5 atom stereocenters. The number of carbonyl (C=O) groups excluding carboxylic acids is 4. The normalized spacial score (nSPS) is 13.6. The van der Waals surface area contributed by atoms with Gasteiger partial charge in [0.05, 0.1) is 12.5 Å². The fourth-order valence-electron chi connectivity index (χ4n) is 6.30. The molecule has 0 unspecified atom stereocenters. The highest BCUT2D eigenvalue weighted by Crippen LogP contribution is 2.20. The van der Waals surface area contributed by atoms with Gasteiger partial charge in [0.1, 0.15) is 29.9 Å². The van der Waals surface area contributed by atoms with Gasteiger partial charge in [-0.1, -0.05) is 91.0 Å². The lowest BCUT2D eigenvalue weighted by atomic mass is 10.0. The summed E-state index contributed by atoms with van der Waals surface area (Å²) >= 11 is 0. The van der Waals surface area contributed by atoms with Gasteiger partial charge in [0, 0.05) is 36.4 Å². The van der Waals surface area contributed by atoms with Crippen LogP contribution in [0.3, 0.4) is 0 Å². The second-order valence-electron chi connectivity index (χ2n) is 13.6. The fraction of sp³-hybridized carbons (Fsp3) is 0.238. The topological polar surface area (TPSA) is 253 Å². The zero-order chi connectivity index (χ0) is 40.9. The molecular weight excluding hydrogens is 732 g/mol. The predicted octanol–water partition coefficient (Wildman–Crippen LogP) is 1.97. The number of aromatic nitrogens is 1. The van der Waals surface area contributed by atoms with Gasteiger partial charge < -0.3 is 47.3 Å². The third-order valence-corrected chi connectivity index (χ3v) is 9.29. The zero-order valence-corrected chi connectivity index (χ0v) is 30.8. The van der Waals surface area contributed by atoms with Crippen LogP contribution in [-0.2, 0) is 54.5 Å². The van der Waals surface area contributed by atoms with Gasteiger partial charge in [-0.25, -0.2) is 4.79 Å². The molecule has 10 N–H and O–H groups in total. The fourth-order valence-corrected chi connectivity index (χ4v) is 6.30. The molecular formula is C42H44N6O9. The van der Waals surface area contributed by atoms with Crippen molar-refractivity contribution in [3.05, 3.63) is 138 Å². The number of phenols is 1. The van der Waals surface area contributed by atoms with Crippen LogP contribution in [0.15, 0.2) is 115 Å². The Bertz CT molecular complexity index is 2180.